The van der Waals surface area contributed by atoms with Crippen LogP contribution in [0.3, 0.4) is 0 Å². The van der Waals surface area contributed by atoms with E-state index >= 15 is 0 Å². The van der Waals surface area contributed by atoms with Gasteiger partial charge in [0, 0.05) is 6.54 Å². The van der Waals surface area contributed by atoms with E-state index in [0.29, 0.717) is 6.61 Å². The van der Waals surface area contributed by atoms with Gasteiger partial charge in [0.25, 0.3) is 0 Å². The Bertz CT molecular complexity index is 81.0. The SMILES string of the molecule is C1CCCCCCOONNCCCCC1. The summed E-state index contributed by atoms with van der Waals surface area (Å²) in [5.41, 5.74) is 5.56. The van der Waals surface area contributed by atoms with Crippen molar-refractivity contribution in [3.05, 3.63) is 0 Å². The number of nitrogens with one attached hydrogen (secondary N) is 2. The topological polar surface area (TPSA) is 42.5 Å². The van der Waals surface area contributed by atoms with E-state index in [1.807, 2.05) is 0 Å². The second kappa shape index (κ2) is 11.3. The lowest BCUT2D eigenvalue weighted by molar-refractivity contribution is -0.345. The maximum absolute atomic E-state index is 4.96. The van der Waals surface area contributed by atoms with Gasteiger partial charge in [-0.1, -0.05) is 51.4 Å². The van der Waals surface area contributed by atoms with Crippen molar-refractivity contribution in [1.29, 1.82) is 0 Å². The molecule has 4 heteroatoms. The first-order valence-electron chi connectivity index (χ1n) is 6.76. The Hall–Kier alpha value is -0.160. The summed E-state index contributed by atoms with van der Waals surface area (Å²) in [6.45, 7) is 1.61. The van der Waals surface area contributed by atoms with Gasteiger partial charge in [-0.05, 0) is 12.8 Å². The third-order valence-electron chi connectivity index (χ3n) is 2.95. The summed E-state index contributed by atoms with van der Waals surface area (Å²) in [4.78, 5) is 9.73. The van der Waals surface area contributed by atoms with Crippen LogP contribution in [0.2, 0.25) is 0 Å². The molecule has 1 saturated heterocycles. The summed E-state index contributed by atoms with van der Waals surface area (Å²) < 4.78 is 0. The monoisotopic (exact) mass is 230 g/mol. The predicted octanol–water partition coefficient (Wildman–Crippen LogP) is 2.86. The molecule has 0 spiro atoms. The van der Waals surface area contributed by atoms with Crippen LogP contribution in [0.15, 0.2) is 0 Å². The Morgan fingerprint density at radius 1 is 0.625 bits per heavy atom. The van der Waals surface area contributed by atoms with Crippen molar-refractivity contribution in [3.63, 3.8) is 0 Å². The Kier molecular flexibility index (Phi) is 9.84. The Morgan fingerprint density at radius 2 is 1.19 bits per heavy atom. The second-order valence-electron chi connectivity index (χ2n) is 4.47. The number of rotatable bonds is 0. The van der Waals surface area contributed by atoms with Gasteiger partial charge in [0.05, 0.1) is 6.61 Å². The maximum atomic E-state index is 4.96. The molecule has 0 aromatic rings. The van der Waals surface area contributed by atoms with Crippen LogP contribution in [0.25, 0.3) is 0 Å². The first-order chi connectivity index (χ1) is 8.00. The van der Waals surface area contributed by atoms with Crippen LogP contribution in [0.1, 0.15) is 64.2 Å². The van der Waals surface area contributed by atoms with Crippen LogP contribution in [-0.2, 0) is 9.88 Å². The average Bonchev–Trinajstić information content (AvgIpc) is 2.29. The van der Waals surface area contributed by atoms with E-state index in [9.17, 15) is 0 Å². The quantitative estimate of drug-likeness (QED) is 0.628. The van der Waals surface area contributed by atoms with Crippen molar-refractivity contribution in [3.8, 4) is 0 Å². The van der Waals surface area contributed by atoms with Crippen molar-refractivity contribution in [2.75, 3.05) is 13.2 Å². The number of hydrogen-bond donors (Lipinski definition) is 2. The van der Waals surface area contributed by atoms with Crippen molar-refractivity contribution >= 4 is 0 Å². The lowest BCUT2D eigenvalue weighted by Crippen LogP contribution is -2.32. The summed E-state index contributed by atoms with van der Waals surface area (Å²) in [5.74, 6) is 0. The van der Waals surface area contributed by atoms with E-state index in [-0.39, 0.29) is 0 Å². The van der Waals surface area contributed by atoms with Gasteiger partial charge >= 0.3 is 0 Å². The minimum atomic E-state index is 0.675. The maximum Gasteiger partial charge on any atom is 0.0842 e. The van der Waals surface area contributed by atoms with Gasteiger partial charge < -0.3 is 0 Å². The fraction of sp³-hybridized carbons (Fsp3) is 1.00. The van der Waals surface area contributed by atoms with E-state index in [2.05, 4.69) is 11.0 Å². The van der Waals surface area contributed by atoms with Gasteiger partial charge in [0.15, 0.2) is 0 Å². The molecule has 1 rings (SSSR count). The van der Waals surface area contributed by atoms with Crippen LogP contribution in [0.4, 0.5) is 0 Å². The van der Waals surface area contributed by atoms with Gasteiger partial charge in [0.1, 0.15) is 0 Å². The van der Waals surface area contributed by atoms with Crippen LogP contribution in [0, 0.1) is 0 Å². The third kappa shape index (κ3) is 9.09. The molecule has 0 unspecified atom stereocenters. The lowest BCUT2D eigenvalue weighted by Gasteiger charge is -2.08. The first-order valence-corrected chi connectivity index (χ1v) is 6.76. The fourth-order valence-corrected chi connectivity index (χ4v) is 1.94. The molecule has 4 nitrogen and oxygen atoms in total. The van der Waals surface area contributed by atoms with E-state index in [0.717, 1.165) is 13.0 Å². The van der Waals surface area contributed by atoms with E-state index in [4.69, 9.17) is 9.88 Å². The van der Waals surface area contributed by atoms with Crippen molar-refractivity contribution < 1.29 is 9.88 Å². The normalized spacial score (nSPS) is 24.0. The fourth-order valence-electron chi connectivity index (χ4n) is 1.94. The zero-order valence-electron chi connectivity index (χ0n) is 10.3. The van der Waals surface area contributed by atoms with E-state index < -0.39 is 0 Å². The molecule has 1 aliphatic heterocycles. The number of hydrogen-bond acceptors (Lipinski definition) is 4. The Labute approximate surface area is 98.9 Å². The highest BCUT2D eigenvalue weighted by Gasteiger charge is 1.95. The van der Waals surface area contributed by atoms with Gasteiger partial charge in [-0.25, -0.2) is 10.3 Å². The zero-order chi connectivity index (χ0) is 11.3. The zero-order valence-corrected chi connectivity index (χ0v) is 10.3. The first kappa shape index (κ1) is 13.9. The van der Waals surface area contributed by atoms with E-state index in [1.165, 1.54) is 57.8 Å². The van der Waals surface area contributed by atoms with Gasteiger partial charge in [-0.3, -0.25) is 0 Å². The summed E-state index contributed by atoms with van der Waals surface area (Å²) in [5, 5.41) is 0. The molecule has 0 bridgehead atoms. The molecular formula is C12H26N2O2. The van der Waals surface area contributed by atoms with Crippen molar-refractivity contribution in [2.45, 2.75) is 64.2 Å². The summed E-state index contributed by atoms with van der Waals surface area (Å²) in [7, 11) is 0. The molecule has 0 radical (unpaired) electrons. The predicted molar refractivity (Wildman–Crippen MR) is 64.3 cm³/mol. The van der Waals surface area contributed by atoms with Crippen LogP contribution in [0.5, 0.6) is 0 Å². The van der Waals surface area contributed by atoms with Crippen LogP contribution >= 0.6 is 0 Å². The number of hydrazine groups is 1. The lowest BCUT2D eigenvalue weighted by atomic mass is 10.1. The third-order valence-corrected chi connectivity index (χ3v) is 2.95. The molecule has 0 saturated carbocycles. The van der Waals surface area contributed by atoms with Crippen molar-refractivity contribution in [1.82, 2.24) is 11.0 Å². The smallest absolute Gasteiger partial charge is 0.0842 e. The summed E-state index contributed by atoms with van der Waals surface area (Å²) in [6, 6.07) is 0. The van der Waals surface area contributed by atoms with Crippen LogP contribution in [-0.4, -0.2) is 13.2 Å². The minimum absolute atomic E-state index is 0.675. The molecule has 96 valence electrons. The Balaban J connectivity index is 2.00. The van der Waals surface area contributed by atoms with Gasteiger partial charge in [-0.2, -0.15) is 0 Å². The molecule has 1 fully saturated rings. The molecule has 0 atom stereocenters. The molecule has 0 aliphatic carbocycles. The van der Waals surface area contributed by atoms with Crippen molar-refractivity contribution in [2.24, 2.45) is 0 Å². The molecule has 0 amide bonds. The van der Waals surface area contributed by atoms with E-state index in [1.54, 1.807) is 0 Å². The molecule has 2 N–H and O–H groups in total. The highest BCUT2D eigenvalue weighted by Crippen LogP contribution is 2.10. The molecule has 1 aliphatic rings. The van der Waals surface area contributed by atoms with Gasteiger partial charge in [0.2, 0.25) is 0 Å². The molecule has 1 heterocycles. The summed E-state index contributed by atoms with van der Waals surface area (Å²) in [6.07, 6.45) is 13.1. The standard InChI is InChI=1S/C12H26N2O2/c1-2-4-6-8-10-12-15-16-14-13-11-9-7-5-3-1/h13-14H,1-12H2. The highest BCUT2D eigenvalue weighted by atomic mass is 17.3. The molecular weight excluding hydrogens is 204 g/mol. The molecule has 0 aromatic heterocycles. The minimum Gasteiger partial charge on any atom is -0.232 e. The van der Waals surface area contributed by atoms with Gasteiger partial charge in [-0.15, -0.1) is 10.6 Å². The highest BCUT2D eigenvalue weighted by molar-refractivity contribution is 4.48. The largest absolute Gasteiger partial charge is 0.232 e. The molecule has 0 aromatic carbocycles. The van der Waals surface area contributed by atoms with Crippen LogP contribution < -0.4 is 11.0 Å². The molecule has 16 heavy (non-hydrogen) atoms. The average molecular weight is 230 g/mol. The second-order valence-corrected chi connectivity index (χ2v) is 4.47. The Morgan fingerprint density at radius 3 is 1.88 bits per heavy atom. The summed E-state index contributed by atoms with van der Waals surface area (Å²) >= 11 is 0.